The van der Waals surface area contributed by atoms with Crippen molar-refractivity contribution < 1.29 is 14.0 Å². The van der Waals surface area contributed by atoms with Crippen LogP contribution in [0.4, 0.5) is 0 Å². The van der Waals surface area contributed by atoms with Crippen molar-refractivity contribution in [3.05, 3.63) is 35.9 Å². The number of alkyl halides is 1. The van der Waals surface area contributed by atoms with Crippen LogP contribution in [-0.4, -0.2) is 59.2 Å². The van der Waals surface area contributed by atoms with Gasteiger partial charge in [-0.05, 0) is 61.0 Å². The van der Waals surface area contributed by atoms with E-state index in [9.17, 15) is 4.79 Å². The first kappa shape index (κ1) is 21.1. The van der Waals surface area contributed by atoms with E-state index >= 15 is 0 Å². The van der Waals surface area contributed by atoms with E-state index in [-0.39, 0.29) is 12.1 Å². The summed E-state index contributed by atoms with van der Waals surface area (Å²) < 4.78 is 8.31. The van der Waals surface area contributed by atoms with Crippen LogP contribution >= 0.6 is 22.6 Å². The Bertz CT molecular complexity index is 634. The smallest absolute Gasteiger partial charge is 0.331 e. The number of nitrogens with zero attached hydrogens (tertiary/aromatic N) is 2. The summed E-state index contributed by atoms with van der Waals surface area (Å²) >= 11 is 2.46. The molecular formula is C22H34IN2O2+. The molecule has 3 rings (SSSR count). The number of carbonyl (C=O) groups excluding carboxylic acids is 1. The second kappa shape index (κ2) is 8.78. The molecule has 2 saturated heterocycles. The van der Waals surface area contributed by atoms with E-state index in [2.05, 4.69) is 60.5 Å². The normalized spacial score (nSPS) is 31.9. The van der Waals surface area contributed by atoms with Crippen molar-refractivity contribution in [1.82, 2.24) is 4.90 Å². The van der Waals surface area contributed by atoms with Gasteiger partial charge in [0.05, 0.1) is 13.6 Å². The van der Waals surface area contributed by atoms with Gasteiger partial charge < -0.3 is 9.22 Å². The largest absolute Gasteiger partial charge is 0.454 e. The molecule has 0 spiro atoms. The first-order chi connectivity index (χ1) is 12.9. The molecule has 0 aromatic heterocycles. The Balaban J connectivity index is 1.85. The number of piperidine rings is 2. The fourth-order valence-electron chi connectivity index (χ4n) is 4.45. The van der Waals surface area contributed by atoms with Crippen LogP contribution in [0.15, 0.2) is 30.3 Å². The van der Waals surface area contributed by atoms with E-state index in [0.29, 0.717) is 5.92 Å². The van der Waals surface area contributed by atoms with Crippen LogP contribution in [0.3, 0.4) is 0 Å². The summed E-state index contributed by atoms with van der Waals surface area (Å²) in [4.78, 5) is 15.9. The lowest BCUT2D eigenvalue weighted by Crippen LogP contribution is -2.58. The summed E-state index contributed by atoms with van der Waals surface area (Å²) in [6.45, 7) is 8.30. The Morgan fingerprint density at radius 3 is 2.56 bits per heavy atom. The molecule has 2 aliphatic heterocycles. The van der Waals surface area contributed by atoms with Gasteiger partial charge in [-0.3, -0.25) is 4.90 Å². The van der Waals surface area contributed by atoms with Crippen molar-refractivity contribution in [3.8, 4) is 0 Å². The van der Waals surface area contributed by atoms with Crippen molar-refractivity contribution in [1.29, 1.82) is 0 Å². The van der Waals surface area contributed by atoms with E-state index in [0.717, 1.165) is 53.5 Å². The molecule has 0 bridgehead atoms. The Labute approximate surface area is 178 Å². The molecule has 1 aromatic rings. The lowest BCUT2D eigenvalue weighted by Gasteiger charge is -2.45. The minimum absolute atomic E-state index is 0.00107. The first-order valence-corrected chi connectivity index (χ1v) is 11.8. The van der Waals surface area contributed by atoms with Crippen LogP contribution in [-0.2, 0) is 15.1 Å². The predicted molar refractivity (Wildman–Crippen MR) is 118 cm³/mol. The molecule has 150 valence electrons. The molecule has 0 radical (unpaired) electrons. The second-order valence-electron chi connectivity index (χ2n) is 8.84. The van der Waals surface area contributed by atoms with E-state index < -0.39 is 5.54 Å². The van der Waals surface area contributed by atoms with Crippen molar-refractivity contribution in [2.75, 3.05) is 37.8 Å². The van der Waals surface area contributed by atoms with Crippen LogP contribution in [0.1, 0.15) is 45.1 Å². The molecule has 27 heavy (non-hydrogen) atoms. The lowest BCUT2D eigenvalue weighted by molar-refractivity contribution is -0.903. The number of esters is 1. The Hall–Kier alpha value is -0.660. The molecule has 0 aliphatic carbocycles. The van der Waals surface area contributed by atoms with Crippen molar-refractivity contribution in [2.24, 2.45) is 5.92 Å². The number of hydrogen-bond donors (Lipinski definition) is 0. The van der Waals surface area contributed by atoms with Crippen LogP contribution in [0.2, 0.25) is 0 Å². The van der Waals surface area contributed by atoms with Crippen LogP contribution < -0.4 is 0 Å². The SMILES string of the molecule is CC1CC[N+](C)(CI)C[C@@H]1OC(=O)[C@](C)(c1ccccc1)N1CCCCC1. The summed E-state index contributed by atoms with van der Waals surface area (Å²) in [6.07, 6.45) is 4.67. The molecule has 5 heteroatoms. The average molecular weight is 485 g/mol. The van der Waals surface area contributed by atoms with Gasteiger partial charge in [-0.25, -0.2) is 4.79 Å². The third-order valence-corrected chi connectivity index (χ3v) is 8.30. The Morgan fingerprint density at radius 1 is 1.26 bits per heavy atom. The van der Waals surface area contributed by atoms with Gasteiger partial charge in [0.25, 0.3) is 0 Å². The number of rotatable bonds is 5. The maximum atomic E-state index is 13.6. The van der Waals surface area contributed by atoms with Gasteiger partial charge in [0.1, 0.15) is 16.6 Å². The quantitative estimate of drug-likeness (QED) is 0.206. The van der Waals surface area contributed by atoms with Gasteiger partial charge >= 0.3 is 5.97 Å². The standard InChI is InChI=1S/C22H34IN2O2/c1-18-12-15-25(3,17-23)16-20(18)27-21(26)22(2,19-10-6-4-7-11-19)24-13-8-5-9-14-24/h4,6-7,10-11,18,20H,5,8-9,12-17H2,1-3H3/q+1/t18?,20-,22-,25?/m0/s1. The molecule has 2 unspecified atom stereocenters. The number of quaternary nitrogens is 1. The van der Waals surface area contributed by atoms with E-state index in [1.165, 1.54) is 13.0 Å². The summed E-state index contributed by atoms with van der Waals surface area (Å²) in [5.74, 6) is 0.346. The second-order valence-corrected chi connectivity index (χ2v) is 9.52. The van der Waals surface area contributed by atoms with Crippen LogP contribution in [0.5, 0.6) is 0 Å². The van der Waals surface area contributed by atoms with E-state index in [1.54, 1.807) is 0 Å². The summed E-state index contributed by atoms with van der Waals surface area (Å²) in [5, 5.41) is 0. The maximum absolute atomic E-state index is 13.6. The van der Waals surface area contributed by atoms with Gasteiger partial charge in [-0.2, -0.15) is 0 Å². The topological polar surface area (TPSA) is 29.5 Å². The highest BCUT2D eigenvalue weighted by atomic mass is 127. The number of hydrogen-bond acceptors (Lipinski definition) is 3. The van der Waals surface area contributed by atoms with Crippen molar-refractivity contribution in [3.63, 3.8) is 0 Å². The third kappa shape index (κ3) is 4.51. The highest BCUT2D eigenvalue weighted by Gasteiger charge is 2.46. The van der Waals surface area contributed by atoms with Gasteiger partial charge in [-0.1, -0.05) is 43.7 Å². The molecule has 2 aliphatic rings. The molecule has 0 amide bonds. The number of halogens is 1. The monoisotopic (exact) mass is 485 g/mol. The predicted octanol–water partition coefficient (Wildman–Crippen LogP) is 4.18. The van der Waals surface area contributed by atoms with Crippen molar-refractivity contribution >= 4 is 28.6 Å². The zero-order valence-electron chi connectivity index (χ0n) is 17.0. The number of ether oxygens (including phenoxy) is 1. The maximum Gasteiger partial charge on any atom is 0.331 e. The molecule has 2 fully saturated rings. The number of benzene rings is 1. The molecule has 0 N–H and O–H groups in total. The van der Waals surface area contributed by atoms with E-state index in [1.807, 2.05) is 18.2 Å². The zero-order valence-corrected chi connectivity index (χ0v) is 19.2. The van der Waals surface area contributed by atoms with Crippen LogP contribution in [0.25, 0.3) is 0 Å². The molecule has 2 heterocycles. The molecule has 0 saturated carbocycles. The number of carbonyl (C=O) groups is 1. The minimum Gasteiger partial charge on any atom is -0.454 e. The van der Waals surface area contributed by atoms with Crippen LogP contribution in [0, 0.1) is 5.92 Å². The van der Waals surface area contributed by atoms with E-state index in [4.69, 9.17) is 4.74 Å². The third-order valence-electron chi connectivity index (χ3n) is 6.65. The fourth-order valence-corrected chi connectivity index (χ4v) is 5.07. The molecular weight excluding hydrogens is 451 g/mol. The summed E-state index contributed by atoms with van der Waals surface area (Å²) in [7, 11) is 2.28. The minimum atomic E-state index is -0.702. The Kier molecular flexibility index (Phi) is 6.85. The zero-order chi connectivity index (χ0) is 19.5. The fraction of sp³-hybridized carbons (Fsp3) is 0.682. The summed E-state index contributed by atoms with van der Waals surface area (Å²) in [6, 6.07) is 10.2. The molecule has 1 aromatic carbocycles. The van der Waals surface area contributed by atoms with Gasteiger partial charge in [0.15, 0.2) is 6.10 Å². The van der Waals surface area contributed by atoms with Gasteiger partial charge in [0.2, 0.25) is 0 Å². The van der Waals surface area contributed by atoms with Gasteiger partial charge in [0, 0.05) is 12.3 Å². The highest BCUT2D eigenvalue weighted by Crippen LogP contribution is 2.34. The average Bonchev–Trinajstić information content (AvgIpc) is 2.71. The highest BCUT2D eigenvalue weighted by molar-refractivity contribution is 14.1. The summed E-state index contributed by atoms with van der Waals surface area (Å²) in [5.41, 5.74) is 0.346. The molecule has 4 atom stereocenters. The molecule has 4 nitrogen and oxygen atoms in total. The van der Waals surface area contributed by atoms with Gasteiger partial charge in [-0.15, -0.1) is 0 Å². The number of likely N-dealkylation sites (N-methyl/N-ethyl adjacent to an activating group) is 1. The number of likely N-dealkylation sites (tertiary alicyclic amines) is 2. The lowest BCUT2D eigenvalue weighted by atomic mass is 9.87. The Morgan fingerprint density at radius 2 is 1.93 bits per heavy atom. The first-order valence-electron chi connectivity index (χ1n) is 10.3. The van der Waals surface area contributed by atoms with Crippen molar-refractivity contribution in [2.45, 2.75) is 51.2 Å².